The predicted molar refractivity (Wildman–Crippen MR) is 81.4 cm³/mol. The van der Waals surface area contributed by atoms with Crippen LogP contribution >= 0.6 is 11.6 Å². The van der Waals surface area contributed by atoms with Crippen LogP contribution in [0.5, 0.6) is 5.75 Å². The van der Waals surface area contributed by atoms with Gasteiger partial charge in [0.05, 0.1) is 0 Å². The largest absolute Gasteiger partial charge is 0.491 e. The highest BCUT2D eigenvalue weighted by atomic mass is 35.5. The van der Waals surface area contributed by atoms with Gasteiger partial charge >= 0.3 is 0 Å². The Morgan fingerprint density at radius 1 is 1.45 bits per heavy atom. The van der Waals surface area contributed by atoms with Crippen molar-refractivity contribution in [2.24, 2.45) is 0 Å². The van der Waals surface area contributed by atoms with Gasteiger partial charge in [-0.25, -0.2) is 0 Å². The lowest BCUT2D eigenvalue weighted by atomic mass is 9.95. The molecule has 0 bridgehead atoms. The van der Waals surface area contributed by atoms with E-state index in [0.717, 1.165) is 6.42 Å². The van der Waals surface area contributed by atoms with Crippen LogP contribution in [0.15, 0.2) is 24.3 Å². The van der Waals surface area contributed by atoms with E-state index < -0.39 is 6.10 Å². The molecule has 5 heteroatoms. The van der Waals surface area contributed by atoms with Crippen molar-refractivity contribution < 1.29 is 14.9 Å². The molecule has 0 heterocycles. The smallest absolute Gasteiger partial charge is 0.120 e. The van der Waals surface area contributed by atoms with Crippen molar-refractivity contribution in [3.8, 4) is 5.75 Å². The topological polar surface area (TPSA) is 61.7 Å². The summed E-state index contributed by atoms with van der Waals surface area (Å²) >= 11 is 5.86. The lowest BCUT2D eigenvalue weighted by Gasteiger charge is -2.30. The third-order valence-electron chi connectivity index (χ3n) is 3.45. The van der Waals surface area contributed by atoms with Crippen LogP contribution in [-0.2, 0) is 0 Å². The number of hydrogen-bond donors (Lipinski definition) is 3. The number of β-amino-alcohol motifs (C(OH)–C–C–N with tert-alkyl or cyclic N) is 1. The molecule has 0 aliphatic carbocycles. The van der Waals surface area contributed by atoms with Gasteiger partial charge in [-0.1, -0.05) is 24.6 Å². The molecular weight excluding hydrogens is 278 g/mol. The Hall–Kier alpha value is -0.810. The molecule has 2 unspecified atom stereocenters. The highest BCUT2D eigenvalue weighted by molar-refractivity contribution is 6.30. The fourth-order valence-corrected chi connectivity index (χ4v) is 1.99. The number of rotatable bonds is 9. The number of halogens is 1. The van der Waals surface area contributed by atoms with Crippen LogP contribution in [0.2, 0.25) is 5.02 Å². The van der Waals surface area contributed by atoms with Gasteiger partial charge in [-0.15, -0.1) is 0 Å². The maximum absolute atomic E-state index is 9.92. The summed E-state index contributed by atoms with van der Waals surface area (Å²) in [7, 11) is 0. The van der Waals surface area contributed by atoms with Crippen molar-refractivity contribution in [3.05, 3.63) is 29.3 Å². The minimum atomic E-state index is -0.612. The van der Waals surface area contributed by atoms with E-state index in [1.807, 2.05) is 6.92 Å². The third kappa shape index (κ3) is 6.09. The highest BCUT2D eigenvalue weighted by Crippen LogP contribution is 2.17. The van der Waals surface area contributed by atoms with Crippen LogP contribution in [0.25, 0.3) is 0 Å². The number of nitrogens with one attached hydrogen (secondary N) is 1. The molecule has 1 rings (SSSR count). The molecule has 0 fully saturated rings. The second-order valence-electron chi connectivity index (χ2n) is 5.19. The van der Waals surface area contributed by atoms with Crippen molar-refractivity contribution in [3.63, 3.8) is 0 Å². The summed E-state index contributed by atoms with van der Waals surface area (Å²) < 4.78 is 5.48. The lowest BCUT2D eigenvalue weighted by Crippen LogP contribution is -2.47. The number of benzene rings is 1. The molecule has 1 aromatic carbocycles. The second kappa shape index (κ2) is 8.47. The van der Waals surface area contributed by atoms with Gasteiger partial charge in [0.1, 0.15) is 18.5 Å². The van der Waals surface area contributed by atoms with E-state index in [2.05, 4.69) is 12.2 Å². The SMILES string of the molecule is CCC(C)(CCO)NCC(O)COc1cccc(Cl)c1. The summed E-state index contributed by atoms with van der Waals surface area (Å²) in [6.07, 6.45) is 0.930. The summed E-state index contributed by atoms with van der Waals surface area (Å²) in [6, 6.07) is 7.09. The Kier molecular flexibility index (Phi) is 7.30. The average molecular weight is 302 g/mol. The molecule has 0 amide bonds. The Morgan fingerprint density at radius 2 is 2.20 bits per heavy atom. The van der Waals surface area contributed by atoms with Gasteiger partial charge in [-0.05, 0) is 38.0 Å². The number of ether oxygens (including phenoxy) is 1. The molecule has 0 aliphatic rings. The molecule has 4 nitrogen and oxygen atoms in total. The molecule has 2 atom stereocenters. The van der Waals surface area contributed by atoms with E-state index in [0.29, 0.717) is 23.7 Å². The predicted octanol–water partition coefficient (Wildman–Crippen LogP) is 2.22. The van der Waals surface area contributed by atoms with E-state index in [1.165, 1.54) is 0 Å². The molecule has 114 valence electrons. The van der Waals surface area contributed by atoms with Gasteiger partial charge in [-0.2, -0.15) is 0 Å². The van der Waals surface area contributed by atoms with Crippen LogP contribution in [0.4, 0.5) is 0 Å². The minimum Gasteiger partial charge on any atom is -0.491 e. The highest BCUT2D eigenvalue weighted by Gasteiger charge is 2.21. The van der Waals surface area contributed by atoms with Crippen LogP contribution in [0.1, 0.15) is 26.7 Å². The van der Waals surface area contributed by atoms with Gasteiger partial charge in [0.25, 0.3) is 0 Å². The van der Waals surface area contributed by atoms with Gasteiger partial charge in [0.2, 0.25) is 0 Å². The first-order valence-electron chi connectivity index (χ1n) is 6.91. The van der Waals surface area contributed by atoms with Crippen LogP contribution in [0.3, 0.4) is 0 Å². The van der Waals surface area contributed by atoms with E-state index >= 15 is 0 Å². The minimum absolute atomic E-state index is 0.131. The van der Waals surface area contributed by atoms with E-state index in [1.54, 1.807) is 24.3 Å². The van der Waals surface area contributed by atoms with Crippen LogP contribution < -0.4 is 10.1 Å². The molecule has 20 heavy (non-hydrogen) atoms. The Balaban J connectivity index is 2.34. The van der Waals surface area contributed by atoms with E-state index in [-0.39, 0.29) is 18.8 Å². The first-order valence-corrected chi connectivity index (χ1v) is 7.29. The normalized spacial score (nSPS) is 15.7. The number of aliphatic hydroxyl groups is 2. The maximum atomic E-state index is 9.92. The molecule has 0 saturated heterocycles. The van der Waals surface area contributed by atoms with Crippen molar-refractivity contribution in [1.29, 1.82) is 0 Å². The molecule has 0 aromatic heterocycles. The quantitative estimate of drug-likeness (QED) is 0.654. The van der Waals surface area contributed by atoms with Gasteiger partial charge in [0.15, 0.2) is 0 Å². The Labute approximate surface area is 125 Å². The number of hydrogen-bond acceptors (Lipinski definition) is 4. The van der Waals surface area contributed by atoms with Gasteiger partial charge in [0, 0.05) is 23.7 Å². The van der Waals surface area contributed by atoms with E-state index in [9.17, 15) is 5.11 Å². The molecule has 0 saturated carbocycles. The molecular formula is C15H24ClNO3. The third-order valence-corrected chi connectivity index (χ3v) is 3.68. The summed E-state index contributed by atoms with van der Waals surface area (Å²) in [5.74, 6) is 0.644. The zero-order valence-electron chi connectivity index (χ0n) is 12.1. The second-order valence-corrected chi connectivity index (χ2v) is 5.63. The molecule has 0 aliphatic heterocycles. The van der Waals surface area contributed by atoms with Gasteiger partial charge < -0.3 is 20.3 Å². The molecule has 3 N–H and O–H groups in total. The van der Waals surface area contributed by atoms with E-state index in [4.69, 9.17) is 21.4 Å². The standard InChI is InChI=1S/C15H24ClNO3/c1-3-15(2,7-8-18)17-10-13(19)11-20-14-6-4-5-12(16)9-14/h4-6,9,13,17-19H,3,7-8,10-11H2,1-2H3. The van der Waals surface area contributed by atoms with Crippen molar-refractivity contribution in [2.45, 2.75) is 38.3 Å². The summed E-state index contributed by atoms with van der Waals surface area (Å²) in [4.78, 5) is 0. The zero-order chi connectivity index (χ0) is 15.0. The van der Waals surface area contributed by atoms with Crippen LogP contribution in [0, 0.1) is 0 Å². The summed E-state index contributed by atoms with van der Waals surface area (Å²) in [5, 5.41) is 22.8. The summed E-state index contributed by atoms with van der Waals surface area (Å²) in [5.41, 5.74) is -0.161. The monoisotopic (exact) mass is 301 g/mol. The van der Waals surface area contributed by atoms with Crippen molar-refractivity contribution in [2.75, 3.05) is 19.8 Å². The molecule has 0 spiro atoms. The lowest BCUT2D eigenvalue weighted by molar-refractivity contribution is 0.0934. The average Bonchev–Trinajstić information content (AvgIpc) is 2.43. The fraction of sp³-hybridized carbons (Fsp3) is 0.600. The maximum Gasteiger partial charge on any atom is 0.120 e. The first-order chi connectivity index (χ1) is 9.49. The molecule has 1 aromatic rings. The van der Waals surface area contributed by atoms with Crippen molar-refractivity contribution in [1.82, 2.24) is 5.32 Å². The van der Waals surface area contributed by atoms with Crippen molar-refractivity contribution >= 4 is 11.6 Å². The Bertz CT molecular complexity index is 402. The number of aliphatic hydroxyl groups excluding tert-OH is 2. The fourth-order valence-electron chi connectivity index (χ4n) is 1.81. The molecule has 0 radical (unpaired) electrons. The van der Waals surface area contributed by atoms with Crippen LogP contribution in [-0.4, -0.2) is 41.6 Å². The summed E-state index contributed by atoms with van der Waals surface area (Å²) in [6.45, 7) is 4.84. The zero-order valence-corrected chi connectivity index (χ0v) is 12.9. The van der Waals surface area contributed by atoms with Gasteiger partial charge in [-0.3, -0.25) is 0 Å². The first kappa shape index (κ1) is 17.2. The Morgan fingerprint density at radius 3 is 2.80 bits per heavy atom.